The first-order chi connectivity index (χ1) is 19.6. The molecule has 0 bridgehead atoms. The molecule has 0 radical (unpaired) electrons. The predicted molar refractivity (Wildman–Crippen MR) is 154 cm³/mol. The normalized spacial score (nSPS) is 18.0. The fourth-order valence-corrected chi connectivity index (χ4v) is 5.74. The van der Waals surface area contributed by atoms with Gasteiger partial charge in [-0.25, -0.2) is 19.3 Å². The van der Waals surface area contributed by atoms with E-state index in [1.165, 1.54) is 12.1 Å². The van der Waals surface area contributed by atoms with E-state index < -0.39 is 11.7 Å². The largest absolute Gasteiger partial charge is 0.381 e. The molecule has 9 heteroatoms. The highest BCUT2D eigenvalue weighted by molar-refractivity contribution is 6.11. The number of halogens is 1. The summed E-state index contributed by atoms with van der Waals surface area (Å²) in [7, 11) is 0. The summed E-state index contributed by atoms with van der Waals surface area (Å²) in [5.41, 5.74) is 2.44. The molecule has 2 aromatic heterocycles. The highest BCUT2D eigenvalue weighted by Gasteiger charge is 2.31. The van der Waals surface area contributed by atoms with Crippen molar-refractivity contribution < 1.29 is 13.9 Å². The number of nitrogens with zero attached hydrogens (tertiary/aromatic N) is 4. The zero-order valence-electron chi connectivity index (χ0n) is 22.6. The van der Waals surface area contributed by atoms with Gasteiger partial charge in [0.15, 0.2) is 0 Å². The number of piperidine rings is 1. The second-order valence-corrected chi connectivity index (χ2v) is 10.5. The number of nitrogens with one attached hydrogen (secondary N) is 2. The summed E-state index contributed by atoms with van der Waals surface area (Å²) in [6.45, 7) is 4.97. The number of ether oxygens (including phenoxy) is 1. The smallest absolute Gasteiger partial charge is 0.262 e. The molecule has 0 saturated carbocycles. The summed E-state index contributed by atoms with van der Waals surface area (Å²) < 4.78 is 21.1. The van der Waals surface area contributed by atoms with Gasteiger partial charge in [0.1, 0.15) is 11.6 Å². The third-order valence-corrected chi connectivity index (χ3v) is 7.83. The Bertz CT molecular complexity index is 1510. The Morgan fingerprint density at radius 1 is 1.07 bits per heavy atom. The van der Waals surface area contributed by atoms with Crippen molar-refractivity contribution in [2.75, 3.05) is 36.5 Å². The van der Waals surface area contributed by atoms with Crippen LogP contribution in [0.15, 0.2) is 60.9 Å². The molecule has 2 N–H and O–H groups in total. The van der Waals surface area contributed by atoms with Gasteiger partial charge in [0.05, 0.1) is 11.6 Å². The van der Waals surface area contributed by atoms with E-state index in [0.29, 0.717) is 29.9 Å². The number of rotatable bonds is 6. The molecule has 6 rings (SSSR count). The number of pyridine rings is 1. The predicted octanol–water partition coefficient (Wildman–Crippen LogP) is 5.51. The molecular weight excluding hydrogens is 507 g/mol. The van der Waals surface area contributed by atoms with Crippen LogP contribution < -0.4 is 15.5 Å². The molecule has 4 aromatic rings. The maximum atomic E-state index is 15.6. The van der Waals surface area contributed by atoms with Crippen molar-refractivity contribution >= 4 is 34.1 Å². The maximum absolute atomic E-state index is 15.6. The molecule has 8 nitrogen and oxygen atoms in total. The van der Waals surface area contributed by atoms with Gasteiger partial charge in [-0.3, -0.25) is 9.69 Å². The minimum Gasteiger partial charge on any atom is -0.381 e. The first-order valence-electron chi connectivity index (χ1n) is 13.9. The maximum Gasteiger partial charge on any atom is 0.262 e. The van der Waals surface area contributed by atoms with E-state index in [4.69, 9.17) is 4.74 Å². The fraction of sp³-hybridized carbons (Fsp3) is 0.355. The quantitative estimate of drug-likeness (QED) is 0.333. The van der Waals surface area contributed by atoms with Gasteiger partial charge >= 0.3 is 0 Å². The molecule has 2 aliphatic rings. The zero-order valence-corrected chi connectivity index (χ0v) is 22.6. The number of aryl methyl sites for hydroxylation is 1. The lowest BCUT2D eigenvalue weighted by Gasteiger charge is -2.35. The average Bonchev–Trinajstić information content (AvgIpc) is 2.99. The molecular formula is C31H33FN6O2. The minimum atomic E-state index is -0.610. The summed E-state index contributed by atoms with van der Waals surface area (Å²) in [6, 6.07) is 14.3. The van der Waals surface area contributed by atoms with E-state index in [2.05, 4.69) is 25.6 Å². The van der Waals surface area contributed by atoms with Crippen LogP contribution in [-0.4, -0.2) is 53.2 Å². The summed E-state index contributed by atoms with van der Waals surface area (Å²) in [5.74, 6) is 0.266. The standard InChI is InChI=1S/C31H33FN6O2/c1-20-4-2-5-22-9-14-34-29(28(20)22)38(24-6-3-13-33-19-24)30(39)25-8-7-23(18-26(25)32)36-31-35-15-10-27(37-31)21-11-16-40-17-12-21/h2,4-5,7-10,14-15,18,21,24,33H,3,6,11-13,16-17,19H2,1H3,(H,35,36,37)/t24-/m1/s1. The first-order valence-corrected chi connectivity index (χ1v) is 13.9. The van der Waals surface area contributed by atoms with E-state index in [0.717, 1.165) is 67.5 Å². The third kappa shape index (κ3) is 5.39. The summed E-state index contributed by atoms with van der Waals surface area (Å²) in [6.07, 6.45) is 7.00. The highest BCUT2D eigenvalue weighted by atomic mass is 19.1. The minimum absolute atomic E-state index is 0.000357. The first kappa shape index (κ1) is 26.3. The third-order valence-electron chi connectivity index (χ3n) is 7.83. The van der Waals surface area contributed by atoms with Crippen molar-refractivity contribution in [1.29, 1.82) is 0 Å². The number of aromatic nitrogens is 3. The molecule has 2 aromatic carbocycles. The van der Waals surface area contributed by atoms with Gasteiger partial charge in [-0.2, -0.15) is 0 Å². The molecule has 1 atom stereocenters. The Hall–Kier alpha value is -3.95. The second-order valence-electron chi connectivity index (χ2n) is 10.5. The number of carbonyl (C=O) groups is 1. The van der Waals surface area contributed by atoms with Gasteiger partial charge in [-0.05, 0) is 80.4 Å². The molecule has 0 aliphatic carbocycles. The lowest BCUT2D eigenvalue weighted by molar-refractivity contribution is 0.0845. The van der Waals surface area contributed by atoms with Crippen LogP contribution in [-0.2, 0) is 4.74 Å². The van der Waals surface area contributed by atoms with E-state index in [1.54, 1.807) is 23.4 Å². The van der Waals surface area contributed by atoms with Crippen LogP contribution in [0.1, 0.15) is 53.2 Å². The van der Waals surface area contributed by atoms with Crippen molar-refractivity contribution in [3.63, 3.8) is 0 Å². The van der Waals surface area contributed by atoms with E-state index in [9.17, 15) is 4.79 Å². The Balaban J connectivity index is 1.30. The van der Waals surface area contributed by atoms with E-state index >= 15 is 4.39 Å². The van der Waals surface area contributed by atoms with Gasteiger partial charge < -0.3 is 15.4 Å². The molecule has 206 valence electrons. The van der Waals surface area contributed by atoms with Gasteiger partial charge in [-0.15, -0.1) is 0 Å². The van der Waals surface area contributed by atoms with Crippen LogP contribution >= 0.6 is 0 Å². The van der Waals surface area contributed by atoms with Gasteiger partial charge in [0, 0.05) is 54.8 Å². The molecule has 4 heterocycles. The van der Waals surface area contributed by atoms with Crippen LogP contribution in [0.3, 0.4) is 0 Å². The molecule has 40 heavy (non-hydrogen) atoms. The van der Waals surface area contributed by atoms with Crippen LogP contribution in [0, 0.1) is 12.7 Å². The Labute approximate surface area is 233 Å². The van der Waals surface area contributed by atoms with Crippen LogP contribution in [0.5, 0.6) is 0 Å². The average molecular weight is 541 g/mol. The van der Waals surface area contributed by atoms with Crippen molar-refractivity contribution in [3.8, 4) is 0 Å². The van der Waals surface area contributed by atoms with Crippen molar-refractivity contribution in [2.45, 2.75) is 44.6 Å². The Morgan fingerprint density at radius 3 is 2.73 bits per heavy atom. The van der Waals surface area contributed by atoms with E-state index in [-0.39, 0.29) is 11.6 Å². The fourth-order valence-electron chi connectivity index (χ4n) is 5.74. The van der Waals surface area contributed by atoms with Crippen LogP contribution in [0.25, 0.3) is 10.8 Å². The Kier molecular flexibility index (Phi) is 7.66. The second kappa shape index (κ2) is 11.7. The number of anilines is 3. The van der Waals surface area contributed by atoms with Crippen LogP contribution in [0.4, 0.5) is 21.8 Å². The monoisotopic (exact) mass is 540 g/mol. The molecule has 0 spiro atoms. The SMILES string of the molecule is Cc1cccc2ccnc(N(C(=O)c3ccc(Nc4nccc(C5CCOCC5)n4)cc3F)[C@@H]3CCCNC3)c12. The number of hydrogen-bond donors (Lipinski definition) is 2. The summed E-state index contributed by atoms with van der Waals surface area (Å²) in [4.78, 5) is 29.4. The highest BCUT2D eigenvalue weighted by Crippen LogP contribution is 2.32. The molecule has 2 saturated heterocycles. The number of fused-ring (bicyclic) bond motifs is 1. The van der Waals surface area contributed by atoms with Crippen molar-refractivity contribution in [1.82, 2.24) is 20.3 Å². The lowest BCUT2D eigenvalue weighted by atomic mass is 9.96. The topological polar surface area (TPSA) is 92.3 Å². The van der Waals surface area contributed by atoms with Crippen molar-refractivity contribution in [2.24, 2.45) is 0 Å². The van der Waals surface area contributed by atoms with Gasteiger partial charge in [0.25, 0.3) is 5.91 Å². The zero-order chi connectivity index (χ0) is 27.5. The number of carbonyl (C=O) groups excluding carboxylic acids is 1. The number of benzene rings is 2. The lowest BCUT2D eigenvalue weighted by Crippen LogP contribution is -2.49. The summed E-state index contributed by atoms with van der Waals surface area (Å²) in [5, 5.41) is 8.39. The van der Waals surface area contributed by atoms with Crippen LogP contribution in [0.2, 0.25) is 0 Å². The summed E-state index contributed by atoms with van der Waals surface area (Å²) >= 11 is 0. The van der Waals surface area contributed by atoms with Crippen molar-refractivity contribution in [3.05, 3.63) is 83.6 Å². The van der Waals surface area contributed by atoms with Gasteiger partial charge in [-0.1, -0.05) is 18.2 Å². The van der Waals surface area contributed by atoms with Gasteiger partial charge in [0.2, 0.25) is 5.95 Å². The molecule has 1 amide bonds. The van der Waals surface area contributed by atoms with E-state index in [1.807, 2.05) is 37.3 Å². The molecule has 0 unspecified atom stereocenters. The molecule has 2 aliphatic heterocycles. The Morgan fingerprint density at radius 2 is 1.93 bits per heavy atom. The number of hydrogen-bond acceptors (Lipinski definition) is 7. The number of amides is 1. The molecule has 2 fully saturated rings.